The van der Waals surface area contributed by atoms with Crippen LogP contribution in [0.5, 0.6) is 0 Å². The molecule has 1 aromatic carbocycles. The predicted octanol–water partition coefficient (Wildman–Crippen LogP) is 2.69. The summed E-state index contributed by atoms with van der Waals surface area (Å²) in [4.78, 5) is 17.8. The van der Waals surface area contributed by atoms with Gasteiger partial charge in [-0.1, -0.05) is 12.1 Å². The third kappa shape index (κ3) is 8.16. The van der Waals surface area contributed by atoms with Gasteiger partial charge in [0.15, 0.2) is 5.96 Å². The van der Waals surface area contributed by atoms with E-state index in [0.717, 1.165) is 19.0 Å². The number of benzene rings is 1. The van der Waals surface area contributed by atoms with Gasteiger partial charge in [0.1, 0.15) is 0 Å². The smallest absolute Gasteiger partial charge is 0.270 e. The molecule has 0 amide bonds. The first-order valence-electron chi connectivity index (χ1n) is 9.09. The van der Waals surface area contributed by atoms with Gasteiger partial charge < -0.3 is 10.2 Å². The number of rotatable bonds is 10. The Kier molecular flexibility index (Phi) is 11.2. The normalized spacial score (nSPS) is 11.6. The second-order valence-electron chi connectivity index (χ2n) is 6.14. The molecule has 1 aromatic heterocycles. The minimum atomic E-state index is -3.84. The summed E-state index contributed by atoms with van der Waals surface area (Å²) in [5.41, 5.74) is -0.271. The van der Waals surface area contributed by atoms with Crippen molar-refractivity contribution in [3.63, 3.8) is 0 Å². The fraction of sp³-hybridized carbons (Fsp3) is 0.389. The van der Waals surface area contributed by atoms with Crippen molar-refractivity contribution >= 4 is 57.0 Å². The van der Waals surface area contributed by atoms with Gasteiger partial charge in [-0.3, -0.25) is 15.1 Å². The molecule has 0 unspecified atom stereocenters. The molecule has 0 aliphatic carbocycles. The van der Waals surface area contributed by atoms with E-state index < -0.39 is 14.9 Å². The van der Waals surface area contributed by atoms with Crippen LogP contribution in [-0.4, -0.2) is 57.4 Å². The van der Waals surface area contributed by atoms with Crippen LogP contribution < -0.4 is 10.0 Å². The van der Waals surface area contributed by atoms with Crippen LogP contribution in [-0.2, 0) is 16.4 Å². The van der Waals surface area contributed by atoms with Gasteiger partial charge in [-0.2, -0.15) is 0 Å². The van der Waals surface area contributed by atoms with Crippen molar-refractivity contribution < 1.29 is 13.3 Å². The summed E-state index contributed by atoms with van der Waals surface area (Å²) in [6.45, 7) is 3.76. The Morgan fingerprint density at radius 3 is 2.70 bits per heavy atom. The van der Waals surface area contributed by atoms with Gasteiger partial charge in [-0.05, 0) is 30.9 Å². The molecular weight excluding hydrogens is 541 g/mol. The number of thiophene rings is 1. The zero-order valence-corrected chi connectivity index (χ0v) is 20.7. The maximum absolute atomic E-state index is 12.3. The standard InChI is InChI=1S/C18H25N5O4S2.HI/c1-3-19-18(22(2)12-9-16-7-5-13-28-16)20-10-11-21-29(26,27)17-8-4-6-15(14-17)23(24)25;/h4-8,13-14,21H,3,9-12H2,1-2H3,(H,19,20);1H. The van der Waals surface area contributed by atoms with Crippen LogP contribution >= 0.6 is 35.3 Å². The van der Waals surface area contributed by atoms with Crippen molar-refractivity contribution in [2.75, 3.05) is 33.2 Å². The van der Waals surface area contributed by atoms with E-state index in [4.69, 9.17) is 0 Å². The summed E-state index contributed by atoms with van der Waals surface area (Å²) in [5.74, 6) is 0.693. The van der Waals surface area contributed by atoms with Crippen molar-refractivity contribution in [2.24, 2.45) is 4.99 Å². The largest absolute Gasteiger partial charge is 0.357 e. The van der Waals surface area contributed by atoms with E-state index in [1.807, 2.05) is 30.3 Å². The Morgan fingerprint density at radius 1 is 1.30 bits per heavy atom. The molecule has 0 spiro atoms. The van der Waals surface area contributed by atoms with E-state index >= 15 is 0 Å². The van der Waals surface area contributed by atoms with Gasteiger partial charge in [0, 0.05) is 43.7 Å². The number of nitro groups is 1. The first-order valence-corrected chi connectivity index (χ1v) is 11.5. The second-order valence-corrected chi connectivity index (χ2v) is 8.94. The van der Waals surface area contributed by atoms with Crippen LogP contribution in [0.2, 0.25) is 0 Å². The molecule has 0 atom stereocenters. The van der Waals surface area contributed by atoms with Crippen molar-refractivity contribution in [3.8, 4) is 0 Å². The van der Waals surface area contributed by atoms with Gasteiger partial charge >= 0.3 is 0 Å². The zero-order valence-electron chi connectivity index (χ0n) is 16.8. The molecule has 0 aliphatic heterocycles. The number of aliphatic imine (C=N–C) groups is 1. The number of nitrogens with one attached hydrogen (secondary N) is 2. The maximum atomic E-state index is 12.3. The van der Waals surface area contributed by atoms with Gasteiger partial charge in [-0.25, -0.2) is 13.1 Å². The Balaban J connectivity index is 0.00000450. The Bertz CT molecular complexity index is 936. The predicted molar refractivity (Wildman–Crippen MR) is 130 cm³/mol. The number of sulfonamides is 1. The maximum Gasteiger partial charge on any atom is 0.270 e. The Labute approximate surface area is 197 Å². The highest BCUT2D eigenvalue weighted by Crippen LogP contribution is 2.16. The fourth-order valence-corrected chi connectivity index (χ4v) is 4.26. The van der Waals surface area contributed by atoms with Gasteiger partial charge in [0.25, 0.3) is 5.69 Å². The van der Waals surface area contributed by atoms with E-state index in [9.17, 15) is 18.5 Å². The van der Waals surface area contributed by atoms with E-state index in [2.05, 4.69) is 21.1 Å². The topological polar surface area (TPSA) is 117 Å². The van der Waals surface area contributed by atoms with Crippen LogP contribution in [0.25, 0.3) is 0 Å². The lowest BCUT2D eigenvalue weighted by molar-refractivity contribution is -0.385. The molecule has 2 aromatic rings. The van der Waals surface area contributed by atoms with Gasteiger partial charge in [0.2, 0.25) is 10.0 Å². The molecule has 0 saturated carbocycles. The van der Waals surface area contributed by atoms with Gasteiger partial charge in [0.05, 0.1) is 16.4 Å². The minimum Gasteiger partial charge on any atom is -0.357 e. The molecule has 0 saturated heterocycles. The molecule has 0 fully saturated rings. The summed E-state index contributed by atoms with van der Waals surface area (Å²) >= 11 is 1.71. The van der Waals surface area contributed by atoms with Crippen molar-refractivity contribution in [3.05, 3.63) is 56.8 Å². The molecule has 12 heteroatoms. The molecule has 2 N–H and O–H groups in total. The van der Waals surface area contributed by atoms with E-state index in [-0.39, 0.29) is 47.6 Å². The average molecular weight is 567 g/mol. The van der Waals surface area contributed by atoms with Crippen LogP contribution in [0.4, 0.5) is 5.69 Å². The average Bonchev–Trinajstić information content (AvgIpc) is 3.22. The highest BCUT2D eigenvalue weighted by Gasteiger charge is 2.17. The molecule has 1 heterocycles. The van der Waals surface area contributed by atoms with Crippen molar-refractivity contribution in [2.45, 2.75) is 18.2 Å². The Morgan fingerprint density at radius 2 is 2.07 bits per heavy atom. The lowest BCUT2D eigenvalue weighted by atomic mass is 10.3. The van der Waals surface area contributed by atoms with E-state index in [1.165, 1.54) is 23.1 Å². The molecule has 0 bridgehead atoms. The number of non-ortho nitro benzene ring substituents is 1. The highest BCUT2D eigenvalue weighted by atomic mass is 127. The number of hydrogen-bond donors (Lipinski definition) is 2. The third-order valence-electron chi connectivity index (χ3n) is 3.97. The first-order chi connectivity index (χ1) is 13.8. The SMILES string of the molecule is CCNC(=NCCNS(=O)(=O)c1cccc([N+](=O)[O-])c1)N(C)CCc1cccs1.I. The lowest BCUT2D eigenvalue weighted by Crippen LogP contribution is -2.40. The van der Waals surface area contributed by atoms with Crippen LogP contribution in [0.15, 0.2) is 51.7 Å². The zero-order chi connectivity index (χ0) is 21.3. The summed E-state index contributed by atoms with van der Waals surface area (Å²) in [5, 5.41) is 16.1. The number of likely N-dealkylation sites (N-methyl/N-ethyl adjacent to an activating group) is 1. The number of nitrogens with zero attached hydrogens (tertiary/aromatic N) is 3. The monoisotopic (exact) mass is 567 g/mol. The molecular formula is C18H26IN5O4S2. The van der Waals surface area contributed by atoms with Crippen LogP contribution in [0.3, 0.4) is 0 Å². The minimum absolute atomic E-state index is 0. The first kappa shape index (κ1) is 26.3. The summed E-state index contributed by atoms with van der Waals surface area (Å²) in [6, 6.07) is 9.06. The number of halogens is 1. The fourth-order valence-electron chi connectivity index (χ4n) is 2.50. The molecule has 0 aliphatic rings. The van der Waals surface area contributed by atoms with Crippen LogP contribution in [0.1, 0.15) is 11.8 Å². The summed E-state index contributed by atoms with van der Waals surface area (Å²) < 4.78 is 27.1. The summed E-state index contributed by atoms with van der Waals surface area (Å²) in [6.07, 6.45) is 0.901. The molecule has 166 valence electrons. The van der Waals surface area contributed by atoms with E-state index in [0.29, 0.717) is 12.5 Å². The van der Waals surface area contributed by atoms with Crippen molar-refractivity contribution in [1.82, 2.24) is 14.9 Å². The van der Waals surface area contributed by atoms with Gasteiger partial charge in [-0.15, -0.1) is 35.3 Å². The number of nitro benzene ring substituents is 1. The highest BCUT2D eigenvalue weighted by molar-refractivity contribution is 14.0. The van der Waals surface area contributed by atoms with E-state index in [1.54, 1.807) is 11.3 Å². The number of hydrogen-bond acceptors (Lipinski definition) is 6. The molecule has 2 rings (SSSR count). The Hall–Kier alpha value is -1.77. The third-order valence-corrected chi connectivity index (χ3v) is 6.37. The molecule has 30 heavy (non-hydrogen) atoms. The second kappa shape index (κ2) is 12.8. The molecule has 0 radical (unpaired) electrons. The quantitative estimate of drug-likeness (QED) is 0.114. The number of guanidine groups is 1. The van der Waals surface area contributed by atoms with Crippen molar-refractivity contribution in [1.29, 1.82) is 0 Å². The lowest BCUT2D eigenvalue weighted by Gasteiger charge is -2.21. The van der Waals surface area contributed by atoms with Crippen LogP contribution in [0, 0.1) is 10.1 Å². The summed E-state index contributed by atoms with van der Waals surface area (Å²) in [7, 11) is -1.91. The molecule has 9 nitrogen and oxygen atoms in total.